The third-order valence-corrected chi connectivity index (χ3v) is 4.57. The SMILES string of the molecule is CCN1CCCC1CNCc1cc(-c2cncnc2)ccc1O. The lowest BCUT2D eigenvalue weighted by atomic mass is 10.0. The van der Waals surface area contributed by atoms with Gasteiger partial charge in [-0.1, -0.05) is 13.0 Å². The van der Waals surface area contributed by atoms with Crippen molar-refractivity contribution in [2.45, 2.75) is 32.4 Å². The van der Waals surface area contributed by atoms with Gasteiger partial charge < -0.3 is 10.4 Å². The van der Waals surface area contributed by atoms with Gasteiger partial charge in [0.2, 0.25) is 0 Å². The quantitative estimate of drug-likeness (QED) is 0.858. The van der Waals surface area contributed by atoms with Crippen LogP contribution in [0.3, 0.4) is 0 Å². The Hall–Kier alpha value is -1.98. The number of aromatic nitrogens is 2. The fourth-order valence-corrected chi connectivity index (χ4v) is 3.27. The number of hydrogen-bond donors (Lipinski definition) is 2. The van der Waals surface area contributed by atoms with E-state index in [0.717, 1.165) is 29.8 Å². The van der Waals surface area contributed by atoms with Crippen molar-refractivity contribution in [1.29, 1.82) is 0 Å². The molecule has 1 unspecified atom stereocenters. The molecular weight excluding hydrogens is 288 g/mol. The molecule has 5 heteroatoms. The van der Waals surface area contributed by atoms with Crippen molar-refractivity contribution in [2.24, 2.45) is 0 Å². The van der Waals surface area contributed by atoms with Gasteiger partial charge in [0.25, 0.3) is 0 Å². The Morgan fingerprint density at radius 1 is 1.26 bits per heavy atom. The predicted molar refractivity (Wildman–Crippen MR) is 91.1 cm³/mol. The van der Waals surface area contributed by atoms with E-state index in [-0.39, 0.29) is 0 Å². The van der Waals surface area contributed by atoms with Crippen molar-refractivity contribution in [3.63, 3.8) is 0 Å². The van der Waals surface area contributed by atoms with Crippen molar-refractivity contribution < 1.29 is 5.11 Å². The smallest absolute Gasteiger partial charge is 0.120 e. The van der Waals surface area contributed by atoms with Crippen LogP contribution in [0.5, 0.6) is 5.75 Å². The van der Waals surface area contributed by atoms with Crippen LogP contribution >= 0.6 is 0 Å². The summed E-state index contributed by atoms with van der Waals surface area (Å²) in [5.41, 5.74) is 2.89. The summed E-state index contributed by atoms with van der Waals surface area (Å²) in [7, 11) is 0. The standard InChI is InChI=1S/C18H24N4O/c1-2-22-7-3-4-17(22)12-19-9-15-8-14(5-6-18(15)23)16-10-20-13-21-11-16/h5-6,8,10-11,13,17,19,23H,2-4,7,9,12H2,1H3. The predicted octanol–water partition coefficient (Wildman–Crippen LogP) is 2.42. The molecule has 1 atom stereocenters. The van der Waals surface area contributed by atoms with Crippen molar-refractivity contribution in [2.75, 3.05) is 19.6 Å². The molecule has 1 aliphatic heterocycles. The molecular formula is C18H24N4O. The Labute approximate surface area is 137 Å². The topological polar surface area (TPSA) is 61.3 Å². The van der Waals surface area contributed by atoms with Gasteiger partial charge in [-0.2, -0.15) is 0 Å². The van der Waals surface area contributed by atoms with E-state index in [9.17, 15) is 5.11 Å². The normalized spacial score (nSPS) is 18.4. The molecule has 1 aromatic carbocycles. The van der Waals surface area contributed by atoms with Crippen LogP contribution in [0.2, 0.25) is 0 Å². The summed E-state index contributed by atoms with van der Waals surface area (Å²) < 4.78 is 0. The molecule has 2 aromatic rings. The summed E-state index contributed by atoms with van der Waals surface area (Å²) in [4.78, 5) is 10.6. The van der Waals surface area contributed by atoms with E-state index in [1.165, 1.54) is 25.7 Å². The third-order valence-electron chi connectivity index (χ3n) is 4.57. The van der Waals surface area contributed by atoms with E-state index >= 15 is 0 Å². The Balaban J connectivity index is 1.63. The van der Waals surface area contributed by atoms with Crippen molar-refractivity contribution >= 4 is 0 Å². The summed E-state index contributed by atoms with van der Waals surface area (Å²) in [5, 5.41) is 13.6. The van der Waals surface area contributed by atoms with E-state index in [4.69, 9.17) is 0 Å². The number of phenols is 1. The molecule has 0 amide bonds. The summed E-state index contributed by atoms with van der Waals surface area (Å²) in [6.07, 6.45) is 7.64. The molecule has 0 spiro atoms. The minimum absolute atomic E-state index is 0.330. The van der Waals surface area contributed by atoms with Crippen LogP contribution in [0.4, 0.5) is 0 Å². The summed E-state index contributed by atoms with van der Waals surface area (Å²) in [5.74, 6) is 0.330. The van der Waals surface area contributed by atoms with Crippen LogP contribution in [0.25, 0.3) is 11.1 Å². The van der Waals surface area contributed by atoms with Gasteiger partial charge >= 0.3 is 0 Å². The Morgan fingerprint density at radius 2 is 2.09 bits per heavy atom. The molecule has 1 saturated heterocycles. The second-order valence-corrected chi connectivity index (χ2v) is 6.03. The van der Waals surface area contributed by atoms with Crippen molar-refractivity contribution in [1.82, 2.24) is 20.2 Å². The molecule has 0 bridgehead atoms. The lowest BCUT2D eigenvalue weighted by Gasteiger charge is -2.23. The van der Waals surface area contributed by atoms with Crippen LogP contribution in [0, 0.1) is 0 Å². The van der Waals surface area contributed by atoms with Crippen LogP contribution in [-0.2, 0) is 6.54 Å². The fraction of sp³-hybridized carbons (Fsp3) is 0.444. The highest BCUT2D eigenvalue weighted by molar-refractivity contribution is 5.63. The molecule has 2 N–H and O–H groups in total. The van der Waals surface area contributed by atoms with Gasteiger partial charge in [0.15, 0.2) is 0 Å². The maximum atomic E-state index is 10.1. The zero-order chi connectivity index (χ0) is 16.1. The lowest BCUT2D eigenvalue weighted by molar-refractivity contribution is 0.259. The maximum Gasteiger partial charge on any atom is 0.120 e. The van der Waals surface area contributed by atoms with E-state index in [2.05, 4.69) is 27.1 Å². The number of nitrogens with zero attached hydrogens (tertiary/aromatic N) is 3. The molecule has 1 aliphatic rings. The number of likely N-dealkylation sites (N-methyl/N-ethyl adjacent to an activating group) is 1. The molecule has 5 nitrogen and oxygen atoms in total. The van der Waals surface area contributed by atoms with E-state index in [1.807, 2.05) is 12.1 Å². The first-order valence-electron chi connectivity index (χ1n) is 8.30. The molecule has 122 valence electrons. The molecule has 0 aliphatic carbocycles. The zero-order valence-corrected chi connectivity index (χ0v) is 13.6. The van der Waals surface area contributed by atoms with Crippen molar-refractivity contribution in [3.8, 4) is 16.9 Å². The Morgan fingerprint density at radius 3 is 2.87 bits per heavy atom. The average molecular weight is 312 g/mol. The first-order valence-corrected chi connectivity index (χ1v) is 8.30. The Kier molecular flexibility index (Phi) is 5.20. The molecule has 0 saturated carbocycles. The number of phenolic OH excluding ortho intramolecular Hbond substituents is 1. The summed E-state index contributed by atoms with van der Waals surface area (Å²) >= 11 is 0. The van der Waals surface area contributed by atoms with E-state index in [0.29, 0.717) is 18.3 Å². The molecule has 1 aromatic heterocycles. The summed E-state index contributed by atoms with van der Waals surface area (Å²) in [6, 6.07) is 6.27. The number of aromatic hydroxyl groups is 1. The monoisotopic (exact) mass is 312 g/mol. The molecule has 2 heterocycles. The first kappa shape index (κ1) is 15.9. The van der Waals surface area contributed by atoms with Gasteiger partial charge in [-0.05, 0) is 43.6 Å². The second kappa shape index (κ2) is 7.53. The van der Waals surface area contributed by atoms with Crippen LogP contribution in [-0.4, -0.2) is 45.7 Å². The van der Waals surface area contributed by atoms with Gasteiger partial charge in [-0.3, -0.25) is 4.90 Å². The number of likely N-dealkylation sites (tertiary alicyclic amines) is 1. The molecule has 3 rings (SSSR count). The molecule has 23 heavy (non-hydrogen) atoms. The minimum atomic E-state index is 0.330. The number of benzene rings is 1. The van der Waals surface area contributed by atoms with E-state index < -0.39 is 0 Å². The molecule has 0 radical (unpaired) electrons. The van der Waals surface area contributed by atoms with Gasteiger partial charge in [-0.15, -0.1) is 0 Å². The van der Waals surface area contributed by atoms with Crippen LogP contribution in [0.15, 0.2) is 36.9 Å². The first-order chi connectivity index (χ1) is 11.3. The number of rotatable bonds is 6. The fourth-order valence-electron chi connectivity index (χ4n) is 3.27. The highest BCUT2D eigenvalue weighted by Gasteiger charge is 2.22. The van der Waals surface area contributed by atoms with E-state index in [1.54, 1.807) is 18.5 Å². The molecule has 1 fully saturated rings. The third kappa shape index (κ3) is 3.86. The average Bonchev–Trinajstić information content (AvgIpc) is 3.05. The summed E-state index contributed by atoms with van der Waals surface area (Å²) in [6.45, 7) is 6.17. The maximum absolute atomic E-state index is 10.1. The van der Waals surface area contributed by atoms with Gasteiger partial charge in [0.05, 0.1) is 0 Å². The van der Waals surface area contributed by atoms with Gasteiger partial charge in [0.1, 0.15) is 12.1 Å². The second-order valence-electron chi connectivity index (χ2n) is 6.03. The van der Waals surface area contributed by atoms with Gasteiger partial charge in [-0.25, -0.2) is 9.97 Å². The van der Waals surface area contributed by atoms with Crippen molar-refractivity contribution in [3.05, 3.63) is 42.5 Å². The minimum Gasteiger partial charge on any atom is -0.508 e. The highest BCUT2D eigenvalue weighted by Crippen LogP contribution is 2.25. The Bertz CT molecular complexity index is 632. The zero-order valence-electron chi connectivity index (χ0n) is 13.6. The number of hydrogen-bond acceptors (Lipinski definition) is 5. The lowest BCUT2D eigenvalue weighted by Crippen LogP contribution is -2.37. The van der Waals surface area contributed by atoms with Crippen LogP contribution < -0.4 is 5.32 Å². The highest BCUT2D eigenvalue weighted by atomic mass is 16.3. The number of nitrogens with one attached hydrogen (secondary N) is 1. The van der Waals surface area contributed by atoms with Gasteiger partial charge in [0, 0.05) is 42.7 Å². The largest absolute Gasteiger partial charge is 0.508 e. The van der Waals surface area contributed by atoms with Crippen LogP contribution in [0.1, 0.15) is 25.3 Å².